The zero-order valence-electron chi connectivity index (χ0n) is 13.3. The van der Waals surface area contributed by atoms with Crippen molar-refractivity contribution in [3.05, 3.63) is 0 Å². The summed E-state index contributed by atoms with van der Waals surface area (Å²) in [6.45, 7) is 9.41. The van der Waals surface area contributed by atoms with Crippen LogP contribution < -0.4 is 11.5 Å². The van der Waals surface area contributed by atoms with Gasteiger partial charge in [0.25, 0.3) is 0 Å². The summed E-state index contributed by atoms with van der Waals surface area (Å²) in [5.74, 6) is 4.54. The molecule has 2 fully saturated rings. The van der Waals surface area contributed by atoms with Crippen LogP contribution in [0.4, 0.5) is 0 Å². The van der Waals surface area contributed by atoms with Crippen molar-refractivity contribution in [3.8, 4) is 0 Å². The van der Waals surface area contributed by atoms with Crippen molar-refractivity contribution in [1.82, 2.24) is 0 Å². The van der Waals surface area contributed by atoms with Gasteiger partial charge in [0.2, 0.25) is 0 Å². The number of hydrogen-bond acceptors (Lipinski definition) is 2. The van der Waals surface area contributed by atoms with Gasteiger partial charge in [0.15, 0.2) is 0 Å². The van der Waals surface area contributed by atoms with Crippen LogP contribution in [0.25, 0.3) is 0 Å². The maximum absolute atomic E-state index is 6.47. The van der Waals surface area contributed by atoms with E-state index in [1.165, 1.54) is 32.1 Å². The zero-order valence-corrected chi connectivity index (χ0v) is 13.3. The quantitative estimate of drug-likeness (QED) is 0.805. The van der Waals surface area contributed by atoms with Gasteiger partial charge < -0.3 is 11.5 Å². The number of rotatable bonds is 2. The van der Waals surface area contributed by atoms with Gasteiger partial charge in [0.05, 0.1) is 0 Å². The molecule has 0 aromatic heterocycles. The van der Waals surface area contributed by atoms with Crippen LogP contribution in [0.3, 0.4) is 0 Å². The van der Waals surface area contributed by atoms with Crippen molar-refractivity contribution < 1.29 is 0 Å². The first-order chi connectivity index (χ1) is 8.88. The lowest BCUT2D eigenvalue weighted by Crippen LogP contribution is -2.45. The molecule has 0 saturated heterocycles. The van der Waals surface area contributed by atoms with Crippen molar-refractivity contribution in [2.75, 3.05) is 0 Å². The molecule has 112 valence electrons. The number of hydrogen-bond donors (Lipinski definition) is 2. The van der Waals surface area contributed by atoms with Crippen molar-refractivity contribution in [2.45, 2.75) is 71.9 Å². The lowest BCUT2D eigenvalue weighted by Gasteiger charge is -2.42. The Hall–Kier alpha value is -0.0800. The first-order valence-electron chi connectivity index (χ1n) is 8.39. The van der Waals surface area contributed by atoms with E-state index < -0.39 is 0 Å². The molecule has 6 atom stereocenters. The minimum absolute atomic E-state index is 0.411. The van der Waals surface area contributed by atoms with E-state index in [9.17, 15) is 0 Å². The molecule has 2 saturated carbocycles. The van der Waals surface area contributed by atoms with E-state index >= 15 is 0 Å². The second-order valence-corrected chi connectivity index (χ2v) is 8.00. The summed E-state index contributed by atoms with van der Waals surface area (Å²) in [6.07, 6.45) is 6.64. The highest BCUT2D eigenvalue weighted by Crippen LogP contribution is 2.41. The van der Waals surface area contributed by atoms with Crippen LogP contribution in [-0.4, -0.2) is 12.1 Å². The van der Waals surface area contributed by atoms with Crippen molar-refractivity contribution in [1.29, 1.82) is 0 Å². The normalized spacial score (nSPS) is 52.1. The van der Waals surface area contributed by atoms with Gasteiger partial charge in [-0.25, -0.2) is 0 Å². The van der Waals surface area contributed by atoms with Gasteiger partial charge in [0.1, 0.15) is 0 Å². The fourth-order valence-electron chi connectivity index (χ4n) is 4.92. The molecule has 6 unspecified atom stereocenters. The molecule has 2 nitrogen and oxygen atoms in total. The maximum atomic E-state index is 6.47. The molecule has 0 spiro atoms. The third-order valence-corrected chi connectivity index (χ3v) is 6.04. The maximum Gasteiger partial charge on any atom is 0.00933 e. The molecule has 2 heteroatoms. The van der Waals surface area contributed by atoms with E-state index in [-0.39, 0.29) is 0 Å². The Labute approximate surface area is 119 Å². The summed E-state index contributed by atoms with van der Waals surface area (Å²) < 4.78 is 0. The number of nitrogens with two attached hydrogens (primary N) is 2. The fourth-order valence-corrected chi connectivity index (χ4v) is 4.92. The van der Waals surface area contributed by atoms with Crippen LogP contribution >= 0.6 is 0 Å². The molecule has 0 aliphatic heterocycles. The average molecular weight is 266 g/mol. The minimum Gasteiger partial charge on any atom is -0.327 e. The summed E-state index contributed by atoms with van der Waals surface area (Å²) in [5, 5.41) is 0. The summed E-state index contributed by atoms with van der Waals surface area (Å²) in [6, 6.07) is 0.839. The van der Waals surface area contributed by atoms with Crippen molar-refractivity contribution >= 4 is 0 Å². The molecule has 0 bridgehead atoms. The van der Waals surface area contributed by atoms with Crippen LogP contribution in [0.2, 0.25) is 0 Å². The van der Waals surface area contributed by atoms with Crippen LogP contribution in [0.1, 0.15) is 59.8 Å². The van der Waals surface area contributed by atoms with Gasteiger partial charge in [0, 0.05) is 12.1 Å². The molecule has 4 N–H and O–H groups in total. The topological polar surface area (TPSA) is 52.0 Å². The minimum atomic E-state index is 0.411. The average Bonchev–Trinajstić information content (AvgIpc) is 2.32. The highest BCUT2D eigenvalue weighted by Gasteiger charge is 2.36. The smallest absolute Gasteiger partial charge is 0.00933 e. The van der Waals surface area contributed by atoms with Crippen LogP contribution in [-0.2, 0) is 0 Å². The Kier molecular flexibility index (Phi) is 4.94. The van der Waals surface area contributed by atoms with Gasteiger partial charge >= 0.3 is 0 Å². The summed E-state index contributed by atoms with van der Waals surface area (Å²) in [5.41, 5.74) is 12.7. The molecule has 2 aliphatic carbocycles. The van der Waals surface area contributed by atoms with Crippen LogP contribution in [0.15, 0.2) is 0 Å². The molecule has 19 heavy (non-hydrogen) atoms. The van der Waals surface area contributed by atoms with Gasteiger partial charge in [-0.3, -0.25) is 0 Å². The zero-order chi connectivity index (χ0) is 14.2. The Balaban J connectivity index is 1.93. The fraction of sp³-hybridized carbons (Fsp3) is 1.00. The van der Waals surface area contributed by atoms with Gasteiger partial charge in [-0.15, -0.1) is 0 Å². The monoisotopic (exact) mass is 266 g/mol. The Morgan fingerprint density at radius 1 is 0.737 bits per heavy atom. The molecule has 0 heterocycles. The Morgan fingerprint density at radius 2 is 1.26 bits per heavy atom. The van der Waals surface area contributed by atoms with Gasteiger partial charge in [-0.05, 0) is 67.6 Å². The molecule has 0 aromatic carbocycles. The predicted octanol–water partition coefficient (Wildman–Crippen LogP) is 3.40. The second kappa shape index (κ2) is 6.13. The van der Waals surface area contributed by atoms with E-state index in [2.05, 4.69) is 27.7 Å². The standard InChI is InChI=1S/C17H34N2/c1-10-5-11(2)17(19)15(6-10)9-14-7-12(3)16(18)13(4)8-14/h10-17H,5-9,18-19H2,1-4H3. The highest BCUT2D eigenvalue weighted by molar-refractivity contribution is 4.90. The largest absolute Gasteiger partial charge is 0.327 e. The Bertz CT molecular complexity index is 279. The third kappa shape index (κ3) is 3.52. The van der Waals surface area contributed by atoms with Crippen molar-refractivity contribution in [3.63, 3.8) is 0 Å². The molecular weight excluding hydrogens is 232 g/mol. The van der Waals surface area contributed by atoms with E-state index in [1.54, 1.807) is 0 Å². The molecule has 0 radical (unpaired) electrons. The SMILES string of the molecule is CC1CC(C)C(N)C(CC2CC(C)C(N)C(C)C2)C1. The van der Waals surface area contributed by atoms with Gasteiger partial charge in [-0.2, -0.15) is 0 Å². The molecular formula is C17H34N2. The summed E-state index contributed by atoms with van der Waals surface area (Å²) >= 11 is 0. The summed E-state index contributed by atoms with van der Waals surface area (Å²) in [4.78, 5) is 0. The summed E-state index contributed by atoms with van der Waals surface area (Å²) in [7, 11) is 0. The first-order valence-corrected chi connectivity index (χ1v) is 8.39. The molecule has 0 amide bonds. The molecule has 0 aromatic rings. The second-order valence-electron chi connectivity index (χ2n) is 8.00. The predicted molar refractivity (Wildman–Crippen MR) is 82.7 cm³/mol. The van der Waals surface area contributed by atoms with Crippen molar-refractivity contribution in [2.24, 2.45) is 47.0 Å². The lowest BCUT2D eigenvalue weighted by molar-refractivity contribution is 0.113. The van der Waals surface area contributed by atoms with E-state index in [4.69, 9.17) is 11.5 Å². The lowest BCUT2D eigenvalue weighted by atomic mass is 9.66. The molecule has 2 aliphatic rings. The molecule has 2 rings (SSSR count). The van der Waals surface area contributed by atoms with E-state index in [1.807, 2.05) is 0 Å². The third-order valence-electron chi connectivity index (χ3n) is 6.04. The Morgan fingerprint density at radius 3 is 1.84 bits per heavy atom. The van der Waals surface area contributed by atoms with Crippen LogP contribution in [0, 0.1) is 35.5 Å². The van der Waals surface area contributed by atoms with Gasteiger partial charge in [-0.1, -0.05) is 27.7 Å². The van der Waals surface area contributed by atoms with E-state index in [0.717, 1.165) is 17.8 Å². The van der Waals surface area contributed by atoms with E-state index in [0.29, 0.717) is 29.8 Å². The highest BCUT2D eigenvalue weighted by atomic mass is 14.7. The first kappa shape index (κ1) is 15.3. The van der Waals surface area contributed by atoms with Crippen LogP contribution in [0.5, 0.6) is 0 Å².